The van der Waals surface area contributed by atoms with Crippen LogP contribution in [0.2, 0.25) is 0 Å². The van der Waals surface area contributed by atoms with Crippen molar-refractivity contribution in [3.63, 3.8) is 0 Å². The normalized spacial score (nSPS) is 18.7. The summed E-state index contributed by atoms with van der Waals surface area (Å²) in [7, 11) is 4.61. The lowest BCUT2D eigenvalue weighted by Gasteiger charge is -2.30. The van der Waals surface area contributed by atoms with E-state index >= 15 is 0 Å². The summed E-state index contributed by atoms with van der Waals surface area (Å²) in [5.41, 5.74) is 0.532. The van der Waals surface area contributed by atoms with Crippen molar-refractivity contribution in [2.24, 2.45) is 10.9 Å². The van der Waals surface area contributed by atoms with Crippen LogP contribution in [0, 0.1) is 5.92 Å². The van der Waals surface area contributed by atoms with Crippen molar-refractivity contribution in [1.82, 2.24) is 4.90 Å². The van der Waals surface area contributed by atoms with Crippen LogP contribution >= 0.6 is 0 Å². The number of nitrogens with zero attached hydrogens (tertiary/aromatic N) is 2. The van der Waals surface area contributed by atoms with Crippen molar-refractivity contribution < 1.29 is 19.0 Å². The van der Waals surface area contributed by atoms with E-state index in [1.165, 1.54) is 21.3 Å². The number of ketones is 1. The maximum absolute atomic E-state index is 12.9. The summed E-state index contributed by atoms with van der Waals surface area (Å²) in [6, 6.07) is 3.38. The number of aliphatic imine (C=N–C) groups is 1. The molecule has 0 aliphatic carbocycles. The highest BCUT2D eigenvalue weighted by molar-refractivity contribution is 6.01. The highest BCUT2D eigenvalue weighted by Gasteiger charge is 2.28. The molecule has 2 aliphatic rings. The van der Waals surface area contributed by atoms with Gasteiger partial charge < -0.3 is 19.1 Å². The summed E-state index contributed by atoms with van der Waals surface area (Å²) >= 11 is 0. The summed E-state index contributed by atoms with van der Waals surface area (Å²) < 4.78 is 16.0. The number of fused-ring (bicyclic) bond motifs is 1. The van der Waals surface area contributed by atoms with Gasteiger partial charge in [-0.1, -0.05) is 6.08 Å². The molecule has 0 saturated heterocycles. The number of allylic oxidation sites excluding steroid dienone is 2. The first-order valence-corrected chi connectivity index (χ1v) is 7.68. The van der Waals surface area contributed by atoms with E-state index in [-0.39, 0.29) is 11.7 Å². The van der Waals surface area contributed by atoms with Gasteiger partial charge in [-0.3, -0.25) is 9.79 Å². The highest BCUT2D eigenvalue weighted by atomic mass is 16.5. The average molecular weight is 328 g/mol. The molecular formula is C18H20N2O4. The molecule has 0 amide bonds. The molecule has 0 saturated carbocycles. The third-order valence-electron chi connectivity index (χ3n) is 4.13. The second-order valence-electron chi connectivity index (χ2n) is 5.53. The minimum atomic E-state index is -0.215. The van der Waals surface area contributed by atoms with Gasteiger partial charge in [0.25, 0.3) is 0 Å². The number of carbonyl (C=O) groups excluding carboxylic acids is 1. The van der Waals surface area contributed by atoms with Gasteiger partial charge in [0.2, 0.25) is 5.75 Å². The molecule has 1 unspecified atom stereocenters. The van der Waals surface area contributed by atoms with Gasteiger partial charge in [-0.15, -0.1) is 0 Å². The zero-order valence-electron chi connectivity index (χ0n) is 14.0. The van der Waals surface area contributed by atoms with E-state index in [1.807, 2.05) is 29.3 Å². The molecular weight excluding hydrogens is 308 g/mol. The molecule has 0 N–H and O–H groups in total. The third kappa shape index (κ3) is 2.87. The second kappa shape index (κ2) is 6.78. The van der Waals surface area contributed by atoms with Crippen molar-refractivity contribution in [1.29, 1.82) is 0 Å². The van der Waals surface area contributed by atoms with Crippen molar-refractivity contribution >= 4 is 11.6 Å². The second-order valence-corrected chi connectivity index (χ2v) is 5.53. The van der Waals surface area contributed by atoms with Crippen LogP contribution in [-0.2, 0) is 0 Å². The molecule has 6 nitrogen and oxygen atoms in total. The summed E-state index contributed by atoms with van der Waals surface area (Å²) in [6.07, 6.45) is 7.76. The number of ether oxygens (including phenoxy) is 3. The fourth-order valence-electron chi connectivity index (χ4n) is 2.89. The van der Waals surface area contributed by atoms with E-state index in [4.69, 9.17) is 14.2 Å². The van der Waals surface area contributed by atoms with E-state index in [9.17, 15) is 4.79 Å². The van der Waals surface area contributed by atoms with Gasteiger partial charge in [0.1, 0.15) is 5.84 Å². The third-order valence-corrected chi connectivity index (χ3v) is 4.13. The number of amidine groups is 1. The van der Waals surface area contributed by atoms with Crippen LogP contribution in [0.15, 0.2) is 41.6 Å². The first-order chi connectivity index (χ1) is 11.7. The molecule has 0 aromatic heterocycles. The fourth-order valence-corrected chi connectivity index (χ4v) is 2.89. The maximum Gasteiger partial charge on any atom is 0.203 e. The Kier molecular flexibility index (Phi) is 4.55. The van der Waals surface area contributed by atoms with Gasteiger partial charge in [0, 0.05) is 18.3 Å². The largest absolute Gasteiger partial charge is 0.493 e. The number of hydrogen-bond donors (Lipinski definition) is 0. The van der Waals surface area contributed by atoms with Gasteiger partial charge in [0.05, 0.1) is 33.8 Å². The lowest BCUT2D eigenvalue weighted by atomic mass is 9.95. The minimum absolute atomic E-state index is 0.0139. The molecule has 24 heavy (non-hydrogen) atoms. The maximum atomic E-state index is 12.9. The van der Waals surface area contributed by atoms with Crippen LogP contribution in [0.3, 0.4) is 0 Å². The molecule has 1 aromatic carbocycles. The number of benzene rings is 1. The molecule has 1 aromatic rings. The number of carbonyl (C=O) groups is 1. The average Bonchev–Trinajstić information content (AvgIpc) is 2.65. The molecule has 0 radical (unpaired) electrons. The van der Waals surface area contributed by atoms with Gasteiger partial charge in [-0.25, -0.2) is 0 Å². The lowest BCUT2D eigenvalue weighted by Crippen LogP contribution is -2.40. The predicted octanol–water partition coefficient (Wildman–Crippen LogP) is 2.31. The Morgan fingerprint density at radius 3 is 2.46 bits per heavy atom. The monoisotopic (exact) mass is 328 g/mol. The molecule has 6 heteroatoms. The summed E-state index contributed by atoms with van der Waals surface area (Å²) in [4.78, 5) is 19.4. The van der Waals surface area contributed by atoms with Crippen molar-refractivity contribution in [3.8, 4) is 17.2 Å². The Morgan fingerprint density at radius 1 is 1.12 bits per heavy atom. The van der Waals surface area contributed by atoms with Crippen molar-refractivity contribution in [3.05, 3.63) is 42.1 Å². The van der Waals surface area contributed by atoms with Crippen LogP contribution in [0.1, 0.15) is 10.4 Å². The standard InChI is InChI=1S/C18H20N2O4/c1-22-14-8-12(9-15(23-2)18(14)24-3)17(21)13-10-19-16-6-4-5-7-20(16)11-13/h4-9,13H,10-11H2,1-3H3. The Labute approximate surface area is 141 Å². The first kappa shape index (κ1) is 16.1. The van der Waals surface area contributed by atoms with Crippen molar-refractivity contribution in [2.75, 3.05) is 34.4 Å². The van der Waals surface area contributed by atoms with Crippen LogP contribution < -0.4 is 14.2 Å². The fraction of sp³-hybridized carbons (Fsp3) is 0.333. The molecule has 1 atom stereocenters. The number of Topliss-reactive ketones (excluding diaryl/α,β-unsaturated/α-hetero) is 1. The quantitative estimate of drug-likeness (QED) is 0.776. The van der Waals surface area contributed by atoms with Gasteiger partial charge >= 0.3 is 0 Å². The molecule has 2 heterocycles. The summed E-state index contributed by atoms with van der Waals surface area (Å²) in [6.45, 7) is 1.08. The van der Waals surface area contributed by atoms with Gasteiger partial charge in [0.15, 0.2) is 17.3 Å². The van der Waals surface area contributed by atoms with E-state index in [0.29, 0.717) is 35.9 Å². The van der Waals surface area contributed by atoms with Crippen LogP contribution in [0.25, 0.3) is 0 Å². The van der Waals surface area contributed by atoms with Gasteiger partial charge in [-0.05, 0) is 24.3 Å². The summed E-state index contributed by atoms with van der Waals surface area (Å²) in [5, 5.41) is 0. The SMILES string of the molecule is COc1cc(C(=O)C2CN=C3C=CC=CN3C2)cc(OC)c1OC. The Hall–Kier alpha value is -2.76. The molecule has 0 spiro atoms. The molecule has 2 aliphatic heterocycles. The Balaban J connectivity index is 1.89. The van der Waals surface area contributed by atoms with Crippen LogP contribution in [0.5, 0.6) is 17.2 Å². The zero-order valence-corrected chi connectivity index (χ0v) is 14.0. The first-order valence-electron chi connectivity index (χ1n) is 7.68. The number of hydrogen-bond acceptors (Lipinski definition) is 6. The Morgan fingerprint density at radius 2 is 1.83 bits per heavy atom. The molecule has 3 rings (SSSR count). The zero-order chi connectivity index (χ0) is 17.1. The number of rotatable bonds is 5. The van der Waals surface area contributed by atoms with Crippen LogP contribution in [-0.4, -0.2) is 50.9 Å². The predicted molar refractivity (Wildman–Crippen MR) is 91.2 cm³/mol. The van der Waals surface area contributed by atoms with E-state index in [0.717, 1.165) is 5.84 Å². The summed E-state index contributed by atoms with van der Waals surface area (Å²) in [5.74, 6) is 2.12. The van der Waals surface area contributed by atoms with E-state index in [2.05, 4.69) is 4.99 Å². The highest BCUT2D eigenvalue weighted by Crippen LogP contribution is 2.38. The van der Waals surface area contributed by atoms with E-state index in [1.54, 1.807) is 12.1 Å². The van der Waals surface area contributed by atoms with Crippen LogP contribution in [0.4, 0.5) is 0 Å². The molecule has 0 fully saturated rings. The van der Waals surface area contributed by atoms with Crippen molar-refractivity contribution in [2.45, 2.75) is 0 Å². The minimum Gasteiger partial charge on any atom is -0.493 e. The smallest absolute Gasteiger partial charge is 0.203 e. The lowest BCUT2D eigenvalue weighted by molar-refractivity contribution is 0.0908. The topological polar surface area (TPSA) is 60.4 Å². The van der Waals surface area contributed by atoms with Gasteiger partial charge in [-0.2, -0.15) is 0 Å². The van der Waals surface area contributed by atoms with E-state index < -0.39 is 0 Å². The molecule has 0 bridgehead atoms. The molecule has 126 valence electrons. The number of methoxy groups -OCH3 is 3. The Bertz CT molecular complexity index is 712.